The Morgan fingerprint density at radius 1 is 0.921 bits per heavy atom. The first-order valence-electron chi connectivity index (χ1n) is 12.1. The van der Waals surface area contributed by atoms with Crippen LogP contribution in [0.15, 0.2) is 83.9 Å². The van der Waals surface area contributed by atoms with Gasteiger partial charge in [0.2, 0.25) is 0 Å². The summed E-state index contributed by atoms with van der Waals surface area (Å²) in [6.07, 6.45) is 1.00. The lowest BCUT2D eigenvalue weighted by Gasteiger charge is -2.13. The molecule has 0 atom stereocenters. The van der Waals surface area contributed by atoms with Gasteiger partial charge in [-0.3, -0.25) is 4.99 Å². The fourth-order valence-electron chi connectivity index (χ4n) is 4.44. The van der Waals surface area contributed by atoms with Crippen molar-refractivity contribution < 1.29 is 0 Å². The summed E-state index contributed by atoms with van der Waals surface area (Å²) < 4.78 is 2.23. The fourth-order valence-corrected chi connectivity index (χ4v) is 4.74. The number of rotatable bonds is 7. The van der Waals surface area contributed by atoms with Gasteiger partial charge in [-0.15, -0.1) is 24.8 Å². The summed E-state index contributed by atoms with van der Waals surface area (Å²) in [5, 5.41) is 3.45. The van der Waals surface area contributed by atoms with Gasteiger partial charge in [0.05, 0.1) is 27.6 Å². The van der Waals surface area contributed by atoms with Crippen LogP contribution < -0.4 is 5.73 Å². The predicted molar refractivity (Wildman–Crippen MR) is 168 cm³/mol. The van der Waals surface area contributed by atoms with E-state index in [1.807, 2.05) is 30.3 Å². The third-order valence-electron chi connectivity index (χ3n) is 6.42. The minimum atomic E-state index is 0. The van der Waals surface area contributed by atoms with Gasteiger partial charge in [0.1, 0.15) is 11.7 Å². The molecule has 0 bridgehead atoms. The van der Waals surface area contributed by atoms with Gasteiger partial charge >= 0.3 is 0 Å². The van der Waals surface area contributed by atoms with Crippen molar-refractivity contribution in [2.24, 2.45) is 16.6 Å². The Morgan fingerprint density at radius 2 is 1.68 bits per heavy atom. The van der Waals surface area contributed by atoms with Crippen LogP contribution in [0.5, 0.6) is 0 Å². The first-order chi connectivity index (χ1) is 17.4. The molecule has 0 radical (unpaired) electrons. The zero-order chi connectivity index (χ0) is 25.2. The maximum atomic E-state index is 6.39. The molecule has 0 spiro atoms. The van der Waals surface area contributed by atoms with Crippen LogP contribution in [0.4, 0.5) is 0 Å². The summed E-state index contributed by atoms with van der Waals surface area (Å²) in [7, 11) is 0. The molecule has 8 heteroatoms. The normalized spacial score (nSPS) is 11.6. The van der Waals surface area contributed by atoms with Gasteiger partial charge in [0.15, 0.2) is 0 Å². The van der Waals surface area contributed by atoms with Gasteiger partial charge < -0.3 is 10.3 Å². The lowest BCUT2D eigenvalue weighted by Crippen LogP contribution is -2.14. The Labute approximate surface area is 245 Å². The average molecular weight is 588 g/mol. The Balaban J connectivity index is 0.00000200. The standard InChI is InChI=1S/C30H28Cl2N4.2ClH/c1-19(2)14-15-34-29(33)21-11-13-28-27(17-21)35-30(22-10-12-25(31)26(32)16-22)36(28)18-23-8-5-7-20-6-3-4-9-24(20)23;;/h3-13,16-17,19H,14-15,18H2,1-2H3,(H2,33,34);2*1H. The molecule has 0 saturated heterocycles. The second kappa shape index (κ2) is 12.9. The number of hydrogen-bond donors (Lipinski definition) is 1. The lowest BCUT2D eigenvalue weighted by molar-refractivity contribution is 0.597. The minimum Gasteiger partial charge on any atom is -0.384 e. The molecule has 0 fully saturated rings. The van der Waals surface area contributed by atoms with E-state index >= 15 is 0 Å². The molecule has 4 nitrogen and oxygen atoms in total. The summed E-state index contributed by atoms with van der Waals surface area (Å²) >= 11 is 12.6. The van der Waals surface area contributed by atoms with Gasteiger partial charge in [0, 0.05) is 17.7 Å². The number of nitrogens with zero attached hydrogens (tertiary/aromatic N) is 3. The van der Waals surface area contributed by atoms with Crippen molar-refractivity contribution in [3.05, 3.63) is 100 Å². The van der Waals surface area contributed by atoms with E-state index in [0.717, 1.165) is 34.4 Å². The summed E-state index contributed by atoms with van der Waals surface area (Å²) in [6, 6.07) is 26.6. The molecule has 0 unspecified atom stereocenters. The summed E-state index contributed by atoms with van der Waals surface area (Å²) in [6.45, 7) is 5.74. The summed E-state index contributed by atoms with van der Waals surface area (Å²) in [5.41, 5.74) is 11.2. The Hall–Kier alpha value is -2.76. The molecule has 5 rings (SSSR count). The second-order valence-electron chi connectivity index (χ2n) is 9.44. The molecule has 4 aromatic carbocycles. The SMILES string of the molecule is CC(C)CCN=C(N)c1ccc2c(c1)nc(-c1ccc(Cl)c(Cl)c1)n2Cc1cccc2ccccc12.Cl.Cl. The van der Waals surface area contributed by atoms with Crippen LogP contribution in [-0.2, 0) is 6.54 Å². The first-order valence-corrected chi connectivity index (χ1v) is 12.9. The van der Waals surface area contributed by atoms with Crippen molar-refractivity contribution in [2.45, 2.75) is 26.8 Å². The Bertz CT molecular complexity index is 1590. The highest BCUT2D eigenvalue weighted by molar-refractivity contribution is 6.42. The van der Waals surface area contributed by atoms with E-state index in [9.17, 15) is 0 Å². The molecule has 2 N–H and O–H groups in total. The largest absolute Gasteiger partial charge is 0.384 e. The number of fused-ring (bicyclic) bond motifs is 2. The number of amidine groups is 1. The van der Waals surface area contributed by atoms with Crippen LogP contribution in [0.3, 0.4) is 0 Å². The molecule has 0 aliphatic carbocycles. The van der Waals surface area contributed by atoms with E-state index in [1.165, 1.54) is 16.3 Å². The smallest absolute Gasteiger partial charge is 0.141 e. The van der Waals surface area contributed by atoms with Gasteiger partial charge in [0.25, 0.3) is 0 Å². The van der Waals surface area contributed by atoms with E-state index in [4.69, 9.17) is 33.9 Å². The Morgan fingerprint density at radius 3 is 2.45 bits per heavy atom. The average Bonchev–Trinajstić information content (AvgIpc) is 3.23. The van der Waals surface area contributed by atoms with Gasteiger partial charge in [-0.05, 0) is 65.1 Å². The third kappa shape index (κ3) is 6.27. The number of halogens is 4. The van der Waals surface area contributed by atoms with Crippen molar-refractivity contribution in [1.29, 1.82) is 0 Å². The van der Waals surface area contributed by atoms with Crippen molar-refractivity contribution in [1.82, 2.24) is 9.55 Å². The second-order valence-corrected chi connectivity index (χ2v) is 10.3. The summed E-state index contributed by atoms with van der Waals surface area (Å²) in [5.74, 6) is 1.95. The van der Waals surface area contributed by atoms with E-state index in [0.29, 0.717) is 34.9 Å². The van der Waals surface area contributed by atoms with Crippen molar-refractivity contribution in [3.63, 3.8) is 0 Å². The molecule has 0 aliphatic heterocycles. The third-order valence-corrected chi connectivity index (χ3v) is 7.16. The minimum absolute atomic E-state index is 0. The highest BCUT2D eigenvalue weighted by Gasteiger charge is 2.16. The number of aromatic nitrogens is 2. The molecule has 38 heavy (non-hydrogen) atoms. The monoisotopic (exact) mass is 586 g/mol. The zero-order valence-electron chi connectivity index (χ0n) is 21.2. The van der Waals surface area contributed by atoms with Crippen molar-refractivity contribution >= 4 is 75.7 Å². The van der Waals surface area contributed by atoms with Crippen molar-refractivity contribution in [2.75, 3.05) is 6.54 Å². The molecular weight excluding hydrogens is 558 g/mol. The Kier molecular flexibility index (Phi) is 10.1. The molecule has 1 heterocycles. The molecule has 5 aromatic rings. The van der Waals surface area contributed by atoms with E-state index in [1.54, 1.807) is 0 Å². The first kappa shape index (κ1) is 29.8. The molecule has 0 saturated carbocycles. The van der Waals surface area contributed by atoms with Gasteiger partial charge in [-0.25, -0.2) is 4.98 Å². The maximum absolute atomic E-state index is 6.39. The highest BCUT2D eigenvalue weighted by atomic mass is 35.5. The van der Waals surface area contributed by atoms with Gasteiger partial charge in [-0.2, -0.15) is 0 Å². The van der Waals surface area contributed by atoms with E-state index < -0.39 is 0 Å². The number of hydrogen-bond acceptors (Lipinski definition) is 2. The fraction of sp³-hybridized carbons (Fsp3) is 0.200. The number of aliphatic imine (C=N–C) groups is 1. The lowest BCUT2D eigenvalue weighted by atomic mass is 10.0. The van der Waals surface area contributed by atoms with Crippen LogP contribution in [0.25, 0.3) is 33.2 Å². The van der Waals surface area contributed by atoms with Crippen LogP contribution in [0, 0.1) is 5.92 Å². The van der Waals surface area contributed by atoms with Crippen molar-refractivity contribution in [3.8, 4) is 11.4 Å². The molecular formula is C30H30Cl4N4. The molecule has 1 aromatic heterocycles. The predicted octanol–water partition coefficient (Wildman–Crippen LogP) is 8.81. The molecule has 0 amide bonds. The van der Waals surface area contributed by atoms with Crippen LogP contribution in [0.1, 0.15) is 31.4 Å². The van der Waals surface area contributed by atoms with E-state index in [-0.39, 0.29) is 24.8 Å². The molecule has 198 valence electrons. The van der Waals surface area contributed by atoms with Gasteiger partial charge in [-0.1, -0.05) is 79.5 Å². The number of nitrogens with two attached hydrogens (primary N) is 1. The zero-order valence-corrected chi connectivity index (χ0v) is 24.3. The molecule has 0 aliphatic rings. The van der Waals surface area contributed by atoms with Crippen LogP contribution >= 0.6 is 48.0 Å². The quantitative estimate of drug-likeness (QED) is 0.153. The van der Waals surface area contributed by atoms with E-state index in [2.05, 4.69) is 71.9 Å². The summed E-state index contributed by atoms with van der Waals surface area (Å²) in [4.78, 5) is 9.61. The van der Waals surface area contributed by atoms with Crippen LogP contribution in [-0.4, -0.2) is 21.9 Å². The topological polar surface area (TPSA) is 56.2 Å². The number of benzene rings is 4. The maximum Gasteiger partial charge on any atom is 0.141 e. The highest BCUT2D eigenvalue weighted by Crippen LogP contribution is 2.32. The number of imidazole rings is 1. The van der Waals surface area contributed by atoms with Crippen LogP contribution in [0.2, 0.25) is 10.0 Å².